The fourth-order valence-electron chi connectivity index (χ4n) is 3.18. The quantitative estimate of drug-likeness (QED) is 0.814. The number of anilines is 2. The molecule has 1 aliphatic rings. The van der Waals surface area contributed by atoms with Crippen LogP contribution in [0.1, 0.15) is 55.2 Å². The van der Waals surface area contributed by atoms with Crippen molar-refractivity contribution in [1.29, 1.82) is 0 Å². The van der Waals surface area contributed by atoms with E-state index in [2.05, 4.69) is 20.6 Å². The molecule has 26 heavy (non-hydrogen) atoms. The molecule has 6 heteroatoms. The molecular formula is C20H26N4O2. The molecule has 138 valence electrons. The first-order chi connectivity index (χ1) is 12.6. The summed E-state index contributed by atoms with van der Waals surface area (Å²) < 4.78 is 5.41. The van der Waals surface area contributed by atoms with E-state index in [0.29, 0.717) is 30.0 Å². The largest absolute Gasteiger partial charge is 0.494 e. The van der Waals surface area contributed by atoms with Crippen molar-refractivity contribution < 1.29 is 9.53 Å². The number of nitrogens with one attached hydrogen (secondary N) is 2. The van der Waals surface area contributed by atoms with Gasteiger partial charge in [-0.1, -0.05) is 19.3 Å². The summed E-state index contributed by atoms with van der Waals surface area (Å²) in [4.78, 5) is 21.4. The van der Waals surface area contributed by atoms with Gasteiger partial charge in [0.2, 0.25) is 5.95 Å². The normalized spacial score (nSPS) is 14.7. The first-order valence-corrected chi connectivity index (χ1v) is 9.30. The number of amides is 1. The van der Waals surface area contributed by atoms with Crippen LogP contribution in [0.5, 0.6) is 5.75 Å². The maximum Gasteiger partial charge on any atom is 0.274 e. The van der Waals surface area contributed by atoms with Gasteiger partial charge in [0.25, 0.3) is 5.91 Å². The van der Waals surface area contributed by atoms with Gasteiger partial charge in [-0.2, -0.15) is 0 Å². The fraction of sp³-hybridized carbons (Fsp3) is 0.450. The van der Waals surface area contributed by atoms with E-state index in [4.69, 9.17) is 4.74 Å². The summed E-state index contributed by atoms with van der Waals surface area (Å²) in [5, 5.41) is 6.26. The van der Waals surface area contributed by atoms with E-state index < -0.39 is 0 Å². The Bertz CT molecular complexity index is 740. The molecule has 3 rings (SSSR count). The summed E-state index contributed by atoms with van der Waals surface area (Å²) in [7, 11) is 0. The Balaban J connectivity index is 1.68. The van der Waals surface area contributed by atoms with Crippen molar-refractivity contribution in [1.82, 2.24) is 9.97 Å². The van der Waals surface area contributed by atoms with E-state index in [-0.39, 0.29) is 5.91 Å². The van der Waals surface area contributed by atoms with Crippen molar-refractivity contribution >= 4 is 17.5 Å². The van der Waals surface area contributed by atoms with Gasteiger partial charge in [-0.15, -0.1) is 0 Å². The van der Waals surface area contributed by atoms with Gasteiger partial charge >= 0.3 is 0 Å². The van der Waals surface area contributed by atoms with Gasteiger partial charge in [0, 0.05) is 17.4 Å². The summed E-state index contributed by atoms with van der Waals surface area (Å²) in [5.74, 6) is 1.07. The molecule has 0 bridgehead atoms. The van der Waals surface area contributed by atoms with Crippen molar-refractivity contribution in [2.75, 3.05) is 17.2 Å². The molecule has 0 unspecified atom stereocenters. The third kappa shape index (κ3) is 4.94. The summed E-state index contributed by atoms with van der Waals surface area (Å²) in [6, 6.07) is 9.40. The molecule has 2 aromatic rings. The van der Waals surface area contributed by atoms with Crippen LogP contribution in [-0.4, -0.2) is 28.5 Å². The van der Waals surface area contributed by atoms with E-state index in [1.54, 1.807) is 6.07 Å². The Labute approximate surface area is 154 Å². The van der Waals surface area contributed by atoms with Crippen LogP contribution in [0, 0.1) is 6.92 Å². The van der Waals surface area contributed by atoms with Gasteiger partial charge in [0.15, 0.2) is 0 Å². The van der Waals surface area contributed by atoms with Crippen LogP contribution < -0.4 is 15.4 Å². The summed E-state index contributed by atoms with van der Waals surface area (Å²) in [6.45, 7) is 4.43. The van der Waals surface area contributed by atoms with Crippen molar-refractivity contribution in [3.05, 3.63) is 41.7 Å². The number of hydrogen-bond donors (Lipinski definition) is 2. The maximum absolute atomic E-state index is 12.6. The minimum absolute atomic E-state index is 0.244. The third-order valence-electron chi connectivity index (χ3n) is 4.45. The number of carbonyl (C=O) groups is 1. The van der Waals surface area contributed by atoms with E-state index >= 15 is 0 Å². The molecule has 1 aliphatic carbocycles. The number of rotatable bonds is 6. The molecule has 0 spiro atoms. The third-order valence-corrected chi connectivity index (χ3v) is 4.45. The molecule has 1 saturated carbocycles. The zero-order chi connectivity index (χ0) is 18.4. The molecule has 1 heterocycles. The highest BCUT2D eigenvalue weighted by Crippen LogP contribution is 2.21. The highest BCUT2D eigenvalue weighted by atomic mass is 16.5. The van der Waals surface area contributed by atoms with Crippen molar-refractivity contribution in [3.8, 4) is 5.75 Å². The molecule has 6 nitrogen and oxygen atoms in total. The topological polar surface area (TPSA) is 76.1 Å². The number of ether oxygens (including phenoxy) is 1. The first-order valence-electron chi connectivity index (χ1n) is 9.30. The lowest BCUT2D eigenvalue weighted by atomic mass is 9.96. The maximum atomic E-state index is 12.6. The highest BCUT2D eigenvalue weighted by Gasteiger charge is 2.16. The molecule has 0 radical (unpaired) electrons. The standard InChI is InChI=1S/C20H26N4O2/c1-3-26-17-11-9-16(10-12-17)22-19(25)18-13-14(2)21-20(24-18)23-15-7-5-4-6-8-15/h9-13,15H,3-8H2,1-2H3,(H,22,25)(H,21,23,24). The number of benzene rings is 1. The van der Waals surface area contributed by atoms with Crippen LogP contribution in [0.25, 0.3) is 0 Å². The van der Waals surface area contributed by atoms with Gasteiger partial charge in [-0.05, 0) is 57.0 Å². The van der Waals surface area contributed by atoms with Gasteiger partial charge in [-0.3, -0.25) is 4.79 Å². The second kappa shape index (κ2) is 8.65. The van der Waals surface area contributed by atoms with Crippen LogP contribution in [0.2, 0.25) is 0 Å². The van der Waals surface area contributed by atoms with Gasteiger partial charge < -0.3 is 15.4 Å². The smallest absolute Gasteiger partial charge is 0.274 e. The molecule has 1 fully saturated rings. The number of hydrogen-bond acceptors (Lipinski definition) is 5. The van der Waals surface area contributed by atoms with Crippen LogP contribution >= 0.6 is 0 Å². The Morgan fingerprint density at radius 2 is 1.88 bits per heavy atom. The van der Waals surface area contributed by atoms with Crippen LogP contribution in [-0.2, 0) is 0 Å². The lowest BCUT2D eigenvalue weighted by Crippen LogP contribution is -2.24. The summed E-state index contributed by atoms with van der Waals surface area (Å²) in [5.41, 5.74) is 1.84. The average Bonchev–Trinajstić information content (AvgIpc) is 2.64. The Morgan fingerprint density at radius 1 is 1.15 bits per heavy atom. The Kier molecular flexibility index (Phi) is 6.04. The molecule has 0 atom stereocenters. The highest BCUT2D eigenvalue weighted by molar-refractivity contribution is 6.03. The average molecular weight is 354 g/mol. The minimum Gasteiger partial charge on any atom is -0.494 e. The molecule has 0 saturated heterocycles. The SMILES string of the molecule is CCOc1ccc(NC(=O)c2cc(C)nc(NC3CCCCC3)n2)cc1. The molecule has 0 aliphatic heterocycles. The van der Waals surface area contributed by atoms with Crippen LogP contribution in [0.3, 0.4) is 0 Å². The monoisotopic (exact) mass is 354 g/mol. The second-order valence-electron chi connectivity index (χ2n) is 6.61. The summed E-state index contributed by atoms with van der Waals surface area (Å²) >= 11 is 0. The van der Waals surface area contributed by atoms with Crippen LogP contribution in [0.15, 0.2) is 30.3 Å². The number of nitrogens with zero attached hydrogens (tertiary/aromatic N) is 2. The van der Waals surface area contributed by atoms with Crippen molar-refractivity contribution in [2.24, 2.45) is 0 Å². The second-order valence-corrected chi connectivity index (χ2v) is 6.61. The molecule has 1 aromatic heterocycles. The predicted molar refractivity (Wildman–Crippen MR) is 103 cm³/mol. The van der Waals surface area contributed by atoms with Gasteiger partial charge in [-0.25, -0.2) is 9.97 Å². The van der Waals surface area contributed by atoms with E-state index in [0.717, 1.165) is 24.3 Å². The number of aromatic nitrogens is 2. The van der Waals surface area contributed by atoms with Gasteiger partial charge in [0.1, 0.15) is 11.4 Å². The zero-order valence-electron chi connectivity index (χ0n) is 15.4. The number of carbonyl (C=O) groups excluding carboxylic acids is 1. The van der Waals surface area contributed by atoms with E-state index in [1.165, 1.54) is 19.3 Å². The Morgan fingerprint density at radius 3 is 2.58 bits per heavy atom. The molecular weight excluding hydrogens is 328 g/mol. The van der Waals surface area contributed by atoms with Gasteiger partial charge in [0.05, 0.1) is 6.61 Å². The Hall–Kier alpha value is -2.63. The van der Waals surface area contributed by atoms with E-state index in [9.17, 15) is 4.79 Å². The predicted octanol–water partition coefficient (Wildman–Crippen LogP) is 4.18. The lowest BCUT2D eigenvalue weighted by Gasteiger charge is -2.23. The lowest BCUT2D eigenvalue weighted by molar-refractivity contribution is 0.102. The van der Waals surface area contributed by atoms with Crippen molar-refractivity contribution in [2.45, 2.75) is 52.0 Å². The molecule has 1 aromatic carbocycles. The van der Waals surface area contributed by atoms with E-state index in [1.807, 2.05) is 38.1 Å². The minimum atomic E-state index is -0.244. The molecule has 2 N–H and O–H groups in total. The first kappa shape index (κ1) is 18.2. The fourth-order valence-corrected chi connectivity index (χ4v) is 3.18. The van der Waals surface area contributed by atoms with Crippen molar-refractivity contribution in [3.63, 3.8) is 0 Å². The summed E-state index contributed by atoms with van der Waals surface area (Å²) in [6.07, 6.45) is 6.02. The molecule has 1 amide bonds. The zero-order valence-corrected chi connectivity index (χ0v) is 15.4. The van der Waals surface area contributed by atoms with Crippen LogP contribution in [0.4, 0.5) is 11.6 Å². The number of aryl methyl sites for hydroxylation is 1.